The van der Waals surface area contributed by atoms with Crippen LogP contribution < -0.4 is 10.1 Å². The summed E-state index contributed by atoms with van der Waals surface area (Å²) in [5.74, 6) is 0.168. The Bertz CT molecular complexity index is 623. The number of carbonyl (C=O) groups excluding carboxylic acids is 1. The maximum absolute atomic E-state index is 12.7. The van der Waals surface area contributed by atoms with E-state index in [-0.39, 0.29) is 11.7 Å². The molecule has 21 heavy (non-hydrogen) atoms. The first kappa shape index (κ1) is 15.0. The molecule has 3 nitrogen and oxygen atoms in total. The monoisotopic (exact) mass is 287 g/mol. The minimum absolute atomic E-state index is 0.112. The maximum Gasteiger partial charge on any atom is 0.251 e. The van der Waals surface area contributed by atoms with Gasteiger partial charge < -0.3 is 10.1 Å². The number of ether oxygens (including phenoxy) is 1. The molecular formula is C17H18FNO2. The Morgan fingerprint density at radius 2 is 1.86 bits per heavy atom. The highest BCUT2D eigenvalue weighted by Gasteiger charge is 2.09. The van der Waals surface area contributed by atoms with Crippen LogP contribution in [0.3, 0.4) is 0 Å². The smallest absolute Gasteiger partial charge is 0.251 e. The number of aryl methyl sites for hydroxylation is 1. The summed E-state index contributed by atoms with van der Waals surface area (Å²) in [6, 6.07) is 11.4. The number of amides is 1. The van der Waals surface area contributed by atoms with Crippen molar-refractivity contribution in [1.82, 2.24) is 5.32 Å². The fraction of sp³-hybridized carbons (Fsp3) is 0.235. The average molecular weight is 287 g/mol. The largest absolute Gasteiger partial charge is 0.492 e. The highest BCUT2D eigenvalue weighted by atomic mass is 19.1. The number of hydrogen-bond donors (Lipinski definition) is 1. The van der Waals surface area contributed by atoms with E-state index in [9.17, 15) is 9.18 Å². The van der Waals surface area contributed by atoms with Gasteiger partial charge in [0.15, 0.2) is 0 Å². The van der Waals surface area contributed by atoms with Crippen LogP contribution in [-0.2, 0) is 0 Å². The first-order chi connectivity index (χ1) is 10.1. The van der Waals surface area contributed by atoms with Gasteiger partial charge in [0.25, 0.3) is 5.91 Å². The molecule has 0 spiro atoms. The number of benzene rings is 2. The molecule has 0 atom stereocenters. The van der Waals surface area contributed by atoms with E-state index in [2.05, 4.69) is 5.32 Å². The quantitative estimate of drug-likeness (QED) is 0.857. The number of nitrogens with one attached hydrogen (secondary N) is 1. The third-order valence-corrected chi connectivity index (χ3v) is 3.32. The third kappa shape index (κ3) is 4.05. The van der Waals surface area contributed by atoms with E-state index in [4.69, 9.17) is 4.74 Å². The van der Waals surface area contributed by atoms with Crippen molar-refractivity contribution in [3.63, 3.8) is 0 Å². The van der Waals surface area contributed by atoms with Crippen LogP contribution in [0.15, 0.2) is 42.5 Å². The van der Waals surface area contributed by atoms with E-state index in [0.717, 1.165) is 11.1 Å². The van der Waals surface area contributed by atoms with E-state index in [1.807, 2.05) is 26.0 Å². The molecule has 0 aliphatic carbocycles. The van der Waals surface area contributed by atoms with Gasteiger partial charge in [-0.25, -0.2) is 4.39 Å². The van der Waals surface area contributed by atoms with Gasteiger partial charge >= 0.3 is 0 Å². The number of carbonyl (C=O) groups is 1. The fourth-order valence-electron chi connectivity index (χ4n) is 1.96. The van der Waals surface area contributed by atoms with Crippen LogP contribution in [-0.4, -0.2) is 19.1 Å². The minimum Gasteiger partial charge on any atom is -0.492 e. The zero-order chi connectivity index (χ0) is 15.2. The lowest BCUT2D eigenvalue weighted by molar-refractivity contribution is 0.0946. The van der Waals surface area contributed by atoms with Crippen LogP contribution in [0, 0.1) is 19.7 Å². The Morgan fingerprint density at radius 1 is 1.14 bits per heavy atom. The molecule has 2 aromatic rings. The molecule has 1 amide bonds. The van der Waals surface area contributed by atoms with Crippen LogP contribution >= 0.6 is 0 Å². The van der Waals surface area contributed by atoms with Crippen LogP contribution in [0.25, 0.3) is 0 Å². The Balaban J connectivity index is 1.82. The third-order valence-electron chi connectivity index (χ3n) is 3.32. The van der Waals surface area contributed by atoms with E-state index < -0.39 is 0 Å². The molecule has 0 fully saturated rings. The van der Waals surface area contributed by atoms with Gasteiger partial charge in [-0.1, -0.05) is 12.1 Å². The standard InChI is InChI=1S/C17H18FNO2/c1-12-4-3-5-16(13(12)2)17(20)19-10-11-21-15-8-6-14(18)7-9-15/h3-9H,10-11H2,1-2H3,(H,19,20). The Labute approximate surface area is 123 Å². The van der Waals surface area contributed by atoms with Crippen molar-refractivity contribution in [1.29, 1.82) is 0 Å². The molecule has 2 rings (SSSR count). The number of rotatable bonds is 5. The van der Waals surface area contributed by atoms with E-state index >= 15 is 0 Å². The normalized spacial score (nSPS) is 10.2. The minimum atomic E-state index is -0.300. The molecule has 0 aliphatic heterocycles. The van der Waals surface area contributed by atoms with Gasteiger partial charge in [0.2, 0.25) is 0 Å². The summed E-state index contributed by atoms with van der Waals surface area (Å²) in [7, 11) is 0. The lowest BCUT2D eigenvalue weighted by Gasteiger charge is -2.10. The summed E-state index contributed by atoms with van der Waals surface area (Å²) in [5.41, 5.74) is 2.75. The number of hydrogen-bond acceptors (Lipinski definition) is 2. The van der Waals surface area contributed by atoms with Crippen molar-refractivity contribution in [3.05, 3.63) is 65.0 Å². The predicted octanol–water partition coefficient (Wildman–Crippen LogP) is 3.25. The van der Waals surface area contributed by atoms with Gasteiger partial charge in [0, 0.05) is 5.56 Å². The van der Waals surface area contributed by atoms with E-state index in [1.165, 1.54) is 12.1 Å². The molecule has 0 heterocycles. The topological polar surface area (TPSA) is 38.3 Å². The molecule has 2 aromatic carbocycles. The molecular weight excluding hydrogens is 269 g/mol. The van der Waals surface area contributed by atoms with E-state index in [0.29, 0.717) is 24.5 Å². The fourth-order valence-corrected chi connectivity index (χ4v) is 1.96. The lowest BCUT2D eigenvalue weighted by Crippen LogP contribution is -2.28. The zero-order valence-corrected chi connectivity index (χ0v) is 12.2. The highest BCUT2D eigenvalue weighted by Crippen LogP contribution is 2.12. The van der Waals surface area contributed by atoms with Crippen LogP contribution in [0.2, 0.25) is 0 Å². The Hall–Kier alpha value is -2.36. The molecule has 4 heteroatoms. The summed E-state index contributed by atoms with van der Waals surface area (Å²) in [6.07, 6.45) is 0. The lowest BCUT2D eigenvalue weighted by atomic mass is 10.0. The van der Waals surface area contributed by atoms with Gasteiger partial charge in [-0.05, 0) is 55.3 Å². The molecule has 1 N–H and O–H groups in total. The maximum atomic E-state index is 12.7. The first-order valence-electron chi connectivity index (χ1n) is 6.80. The van der Waals surface area contributed by atoms with Crippen molar-refractivity contribution in [2.24, 2.45) is 0 Å². The van der Waals surface area contributed by atoms with E-state index in [1.54, 1.807) is 18.2 Å². The SMILES string of the molecule is Cc1cccc(C(=O)NCCOc2ccc(F)cc2)c1C. The summed E-state index contributed by atoms with van der Waals surface area (Å²) in [5, 5.41) is 2.81. The van der Waals surface area contributed by atoms with Gasteiger partial charge in [-0.15, -0.1) is 0 Å². The average Bonchev–Trinajstić information content (AvgIpc) is 2.48. The molecule has 0 bridgehead atoms. The van der Waals surface area contributed by atoms with Crippen LogP contribution in [0.4, 0.5) is 4.39 Å². The molecule has 0 aliphatic rings. The molecule has 0 aromatic heterocycles. The van der Waals surface area contributed by atoms with Crippen LogP contribution in [0.1, 0.15) is 21.5 Å². The molecule has 0 saturated carbocycles. The predicted molar refractivity (Wildman–Crippen MR) is 80.1 cm³/mol. The van der Waals surface area contributed by atoms with Crippen molar-refractivity contribution >= 4 is 5.91 Å². The Morgan fingerprint density at radius 3 is 2.57 bits per heavy atom. The van der Waals surface area contributed by atoms with Gasteiger partial charge in [-0.3, -0.25) is 4.79 Å². The molecule has 110 valence electrons. The van der Waals surface area contributed by atoms with Gasteiger partial charge in [-0.2, -0.15) is 0 Å². The van der Waals surface area contributed by atoms with Crippen LogP contribution in [0.5, 0.6) is 5.75 Å². The second-order valence-electron chi connectivity index (χ2n) is 4.81. The highest BCUT2D eigenvalue weighted by molar-refractivity contribution is 5.95. The van der Waals surface area contributed by atoms with Gasteiger partial charge in [0.05, 0.1) is 6.54 Å². The first-order valence-corrected chi connectivity index (χ1v) is 6.80. The summed E-state index contributed by atoms with van der Waals surface area (Å²) < 4.78 is 18.1. The Kier molecular flexibility index (Phi) is 4.93. The summed E-state index contributed by atoms with van der Waals surface area (Å²) >= 11 is 0. The van der Waals surface area contributed by atoms with Crippen molar-refractivity contribution < 1.29 is 13.9 Å². The van der Waals surface area contributed by atoms with Crippen molar-refractivity contribution in [3.8, 4) is 5.75 Å². The van der Waals surface area contributed by atoms with Gasteiger partial charge in [0.1, 0.15) is 18.2 Å². The summed E-state index contributed by atoms with van der Waals surface area (Å²) in [4.78, 5) is 12.1. The van der Waals surface area contributed by atoms with Crippen molar-refractivity contribution in [2.45, 2.75) is 13.8 Å². The number of halogens is 1. The molecule has 0 saturated heterocycles. The second-order valence-corrected chi connectivity index (χ2v) is 4.81. The molecule has 0 unspecified atom stereocenters. The summed E-state index contributed by atoms with van der Waals surface area (Å²) in [6.45, 7) is 4.63. The van der Waals surface area contributed by atoms with Crippen molar-refractivity contribution in [2.75, 3.05) is 13.2 Å². The second kappa shape index (κ2) is 6.88. The molecule has 0 radical (unpaired) electrons. The zero-order valence-electron chi connectivity index (χ0n) is 12.2.